The van der Waals surface area contributed by atoms with Crippen LogP contribution in [-0.2, 0) is 28.9 Å². The summed E-state index contributed by atoms with van der Waals surface area (Å²) in [6.45, 7) is 2.68. The average molecular weight is 659 g/mol. The number of benzene rings is 3. The minimum Gasteiger partial charge on any atom is -0.487 e. The fraction of sp³-hybridized carbons (Fsp3) is 0.314. The zero-order chi connectivity index (χ0) is 33.0. The normalized spacial score (nSPS) is 15.3. The number of hydrogen-bond acceptors (Lipinski definition) is 9. The van der Waals surface area contributed by atoms with Gasteiger partial charge in [-0.25, -0.2) is 23.4 Å². The summed E-state index contributed by atoms with van der Waals surface area (Å²) in [5, 5.41) is 0.465. The molecule has 0 radical (unpaired) electrons. The molecule has 5 aromatic rings. The zero-order valence-electron chi connectivity index (χ0n) is 26.0. The van der Waals surface area contributed by atoms with E-state index in [9.17, 15) is 14.0 Å². The molecule has 7 rings (SSSR count). The maximum absolute atomic E-state index is 15.5. The molecule has 0 spiro atoms. The van der Waals surface area contributed by atoms with E-state index in [1.165, 1.54) is 35.3 Å². The minimum absolute atomic E-state index is 0.00349. The Bertz CT molecular complexity index is 2040. The summed E-state index contributed by atoms with van der Waals surface area (Å²) < 4.78 is 61.8. The lowest BCUT2D eigenvalue weighted by molar-refractivity contribution is 0.0224. The van der Waals surface area contributed by atoms with Gasteiger partial charge in [0.05, 0.1) is 43.0 Å². The van der Waals surface area contributed by atoms with E-state index < -0.39 is 23.0 Å². The molecule has 4 heterocycles. The number of para-hydroxylation sites is 1. The summed E-state index contributed by atoms with van der Waals surface area (Å²) >= 11 is 0. The molecule has 2 aliphatic heterocycles. The molecule has 0 unspecified atom stereocenters. The van der Waals surface area contributed by atoms with Crippen molar-refractivity contribution >= 4 is 16.7 Å². The second-order valence-corrected chi connectivity index (χ2v) is 11.4. The predicted octanol–water partition coefficient (Wildman–Crippen LogP) is 5.22. The predicted molar refractivity (Wildman–Crippen MR) is 170 cm³/mol. The summed E-state index contributed by atoms with van der Waals surface area (Å²) in [7, 11) is 0. The lowest BCUT2D eigenvalue weighted by Crippen LogP contribution is -2.25. The van der Waals surface area contributed by atoms with E-state index in [0.717, 1.165) is 12.8 Å². The first-order valence-corrected chi connectivity index (χ1v) is 15.8. The molecular formula is C35H32F2N4O7. The Hall–Kier alpha value is -5.14. The number of nitrogens with zero attached hydrogens (tertiary/aromatic N) is 4. The molecule has 3 aromatic carbocycles. The highest BCUT2D eigenvalue weighted by molar-refractivity contribution is 5.98. The number of ether oxygens (including phenoxy) is 5. The van der Waals surface area contributed by atoms with Crippen LogP contribution in [0.15, 0.2) is 65.7 Å². The Balaban J connectivity index is 1.14. The molecule has 2 aromatic heterocycles. The van der Waals surface area contributed by atoms with E-state index in [-0.39, 0.29) is 35.9 Å². The number of carbonyl (C=O) groups is 1. The minimum atomic E-state index is -0.724. The van der Waals surface area contributed by atoms with Crippen LogP contribution in [0.25, 0.3) is 16.6 Å². The van der Waals surface area contributed by atoms with Gasteiger partial charge in [-0.3, -0.25) is 14.3 Å². The highest BCUT2D eigenvalue weighted by atomic mass is 19.1. The molecule has 0 amide bonds. The van der Waals surface area contributed by atoms with Crippen LogP contribution in [0.4, 0.5) is 8.78 Å². The second-order valence-electron chi connectivity index (χ2n) is 11.4. The molecule has 13 heteroatoms. The largest absolute Gasteiger partial charge is 0.487 e. The summed E-state index contributed by atoms with van der Waals surface area (Å²) in [5.41, 5.74) is 0.910. The molecular weight excluding hydrogens is 626 g/mol. The summed E-state index contributed by atoms with van der Waals surface area (Å²) in [4.78, 5) is 35.7. The number of rotatable bonds is 6. The van der Waals surface area contributed by atoms with Gasteiger partial charge in [-0.2, -0.15) is 0 Å². The van der Waals surface area contributed by atoms with Crippen molar-refractivity contribution in [3.05, 3.63) is 99.7 Å². The van der Waals surface area contributed by atoms with E-state index in [2.05, 4.69) is 9.97 Å². The van der Waals surface area contributed by atoms with E-state index in [1.54, 1.807) is 35.0 Å². The van der Waals surface area contributed by atoms with Gasteiger partial charge in [0.15, 0.2) is 28.8 Å². The van der Waals surface area contributed by atoms with Gasteiger partial charge < -0.3 is 23.7 Å². The summed E-state index contributed by atoms with van der Waals surface area (Å²) in [6, 6.07) is 13.5. The SMILES string of the molecule is O=C(Cc1ccc(Oc2ncnc3cc4c(cc23)OCCOCCOCCO4)c(F)c1)c1c2n(n(-c3ccccc3F)c1=O)CCCC2. The van der Waals surface area contributed by atoms with Crippen molar-refractivity contribution in [1.82, 2.24) is 19.3 Å². The van der Waals surface area contributed by atoms with Gasteiger partial charge in [0.1, 0.15) is 36.6 Å². The highest BCUT2D eigenvalue weighted by Crippen LogP contribution is 2.37. The van der Waals surface area contributed by atoms with Crippen LogP contribution < -0.4 is 19.8 Å². The van der Waals surface area contributed by atoms with Crippen molar-refractivity contribution in [1.29, 1.82) is 0 Å². The Morgan fingerprint density at radius 1 is 0.854 bits per heavy atom. The Morgan fingerprint density at radius 2 is 1.60 bits per heavy atom. The summed E-state index contributed by atoms with van der Waals surface area (Å²) in [5.74, 6) is -0.906. The van der Waals surface area contributed by atoms with Gasteiger partial charge in [0.25, 0.3) is 5.56 Å². The number of ketones is 1. The van der Waals surface area contributed by atoms with Crippen molar-refractivity contribution in [3.63, 3.8) is 0 Å². The topological polar surface area (TPSA) is 116 Å². The van der Waals surface area contributed by atoms with Gasteiger partial charge in [-0.1, -0.05) is 18.2 Å². The molecule has 0 aliphatic carbocycles. The van der Waals surface area contributed by atoms with E-state index in [4.69, 9.17) is 23.7 Å². The first-order chi connectivity index (χ1) is 23.5. The smallest absolute Gasteiger partial charge is 0.282 e. The maximum Gasteiger partial charge on any atom is 0.282 e. The van der Waals surface area contributed by atoms with Gasteiger partial charge in [-0.15, -0.1) is 0 Å². The fourth-order valence-corrected chi connectivity index (χ4v) is 5.98. The molecule has 0 N–H and O–H groups in total. The fourth-order valence-electron chi connectivity index (χ4n) is 5.98. The number of Topliss-reactive ketones (excluding diaryl/α,β-unsaturated/α-hetero) is 1. The second kappa shape index (κ2) is 13.9. The first-order valence-electron chi connectivity index (χ1n) is 15.8. The molecule has 0 bridgehead atoms. The van der Waals surface area contributed by atoms with Crippen LogP contribution in [-0.4, -0.2) is 64.8 Å². The van der Waals surface area contributed by atoms with Gasteiger partial charge in [0.2, 0.25) is 5.88 Å². The molecule has 11 nitrogen and oxygen atoms in total. The van der Waals surface area contributed by atoms with E-state index >= 15 is 4.39 Å². The van der Waals surface area contributed by atoms with Gasteiger partial charge in [-0.05, 0) is 55.2 Å². The average Bonchev–Trinajstić information content (AvgIpc) is 3.37. The standard InChI is InChI=1S/C35H32F2N4O7/c36-24-5-1-2-6-27(24)41-35(43)33(28-7-3-4-10-40(28)41)29(42)18-22-8-9-30(25(37)17-22)48-34-23-19-31-32(20-26(23)38-21-39-34)47-16-14-45-12-11-44-13-15-46-31/h1-2,5-6,8-9,17,19-21H,3-4,7,10-16,18H2. The van der Waals surface area contributed by atoms with Crippen LogP contribution in [0.5, 0.6) is 23.1 Å². The third-order valence-electron chi connectivity index (χ3n) is 8.22. The molecule has 2 aliphatic rings. The third-order valence-corrected chi connectivity index (χ3v) is 8.22. The van der Waals surface area contributed by atoms with Crippen molar-refractivity contribution in [2.45, 2.75) is 32.2 Å². The monoisotopic (exact) mass is 658 g/mol. The van der Waals surface area contributed by atoms with E-state index in [0.29, 0.717) is 79.7 Å². The molecule has 0 saturated heterocycles. The van der Waals surface area contributed by atoms with Crippen LogP contribution in [0.1, 0.15) is 34.5 Å². The highest BCUT2D eigenvalue weighted by Gasteiger charge is 2.28. The zero-order valence-corrected chi connectivity index (χ0v) is 26.0. The molecule has 0 fully saturated rings. The molecule has 0 atom stereocenters. The quantitative estimate of drug-likeness (QED) is 0.227. The van der Waals surface area contributed by atoms with Crippen LogP contribution in [0.3, 0.4) is 0 Å². The maximum atomic E-state index is 15.5. The summed E-state index contributed by atoms with van der Waals surface area (Å²) in [6.07, 6.45) is 3.18. The van der Waals surface area contributed by atoms with Crippen LogP contribution >= 0.6 is 0 Å². The lowest BCUT2D eigenvalue weighted by Gasteiger charge is -2.19. The van der Waals surface area contributed by atoms with Crippen molar-refractivity contribution < 1.29 is 37.3 Å². The lowest BCUT2D eigenvalue weighted by atomic mass is 9.99. The number of fused-ring (bicyclic) bond motifs is 3. The van der Waals surface area contributed by atoms with E-state index in [1.807, 2.05) is 0 Å². The Kier molecular flexibility index (Phi) is 9.12. The Morgan fingerprint density at radius 3 is 2.38 bits per heavy atom. The van der Waals surface area contributed by atoms with Crippen molar-refractivity contribution in [2.24, 2.45) is 0 Å². The molecule has 248 valence electrons. The number of halogens is 2. The van der Waals surface area contributed by atoms with Gasteiger partial charge in [0, 0.05) is 19.0 Å². The van der Waals surface area contributed by atoms with Crippen molar-refractivity contribution in [2.75, 3.05) is 39.6 Å². The first kappa shape index (κ1) is 31.5. The number of hydrogen-bond donors (Lipinski definition) is 0. The third kappa shape index (κ3) is 6.38. The molecule has 48 heavy (non-hydrogen) atoms. The molecule has 0 saturated carbocycles. The van der Waals surface area contributed by atoms with Gasteiger partial charge >= 0.3 is 0 Å². The van der Waals surface area contributed by atoms with Crippen LogP contribution in [0.2, 0.25) is 0 Å². The number of aromatic nitrogens is 4. The Labute approximate surface area is 273 Å². The van der Waals surface area contributed by atoms with Crippen LogP contribution in [0, 0.1) is 11.6 Å². The number of carbonyl (C=O) groups excluding carboxylic acids is 1. The van der Waals surface area contributed by atoms with Crippen molar-refractivity contribution in [3.8, 4) is 28.8 Å².